The van der Waals surface area contributed by atoms with Gasteiger partial charge in [0.05, 0.1) is 24.3 Å². The van der Waals surface area contributed by atoms with Crippen molar-refractivity contribution in [2.45, 2.75) is 58.8 Å². The molecule has 0 heterocycles. The number of benzene rings is 2. The minimum Gasteiger partial charge on any atom is -0.493 e. The second kappa shape index (κ2) is 15.7. The maximum absolute atomic E-state index is 12.4. The van der Waals surface area contributed by atoms with Gasteiger partial charge in [-0.2, -0.15) is 0 Å². The Kier molecular flexibility index (Phi) is 12.5. The lowest BCUT2D eigenvalue weighted by atomic mass is 10.1. The van der Waals surface area contributed by atoms with Gasteiger partial charge in [-0.3, -0.25) is 9.59 Å². The first-order chi connectivity index (χ1) is 16.2. The van der Waals surface area contributed by atoms with E-state index in [9.17, 15) is 9.59 Å². The zero-order valence-electron chi connectivity index (χ0n) is 20.0. The number of ether oxygens (including phenoxy) is 2. The Bertz CT molecular complexity index is 784. The van der Waals surface area contributed by atoms with Gasteiger partial charge in [0.1, 0.15) is 11.5 Å². The second-order valence-electron chi connectivity index (χ2n) is 7.97. The number of para-hydroxylation sites is 2. The predicted molar refractivity (Wildman–Crippen MR) is 132 cm³/mol. The van der Waals surface area contributed by atoms with Crippen molar-refractivity contribution in [1.29, 1.82) is 0 Å². The minimum atomic E-state index is -0.0902. The van der Waals surface area contributed by atoms with Gasteiger partial charge in [-0.25, -0.2) is 0 Å². The van der Waals surface area contributed by atoms with Gasteiger partial charge in [-0.1, -0.05) is 57.4 Å². The normalized spacial score (nSPS) is 10.5. The molecule has 6 heteroatoms. The van der Waals surface area contributed by atoms with Crippen LogP contribution in [0, 0.1) is 0 Å². The molecule has 0 fully saturated rings. The van der Waals surface area contributed by atoms with Crippen LogP contribution in [0.1, 0.15) is 79.5 Å². The molecule has 6 nitrogen and oxygen atoms in total. The lowest BCUT2D eigenvalue weighted by molar-refractivity contribution is 0.0941. The monoisotopic (exact) mass is 454 g/mol. The van der Waals surface area contributed by atoms with E-state index in [1.807, 2.05) is 50.2 Å². The van der Waals surface area contributed by atoms with Gasteiger partial charge in [0.15, 0.2) is 0 Å². The van der Waals surface area contributed by atoms with Crippen molar-refractivity contribution in [1.82, 2.24) is 10.6 Å². The van der Waals surface area contributed by atoms with Crippen LogP contribution in [0.15, 0.2) is 48.5 Å². The number of rotatable bonds is 16. The Labute approximate surface area is 198 Å². The summed E-state index contributed by atoms with van der Waals surface area (Å²) in [5, 5.41) is 5.97. The quantitative estimate of drug-likeness (QED) is 0.334. The molecule has 33 heavy (non-hydrogen) atoms. The summed E-state index contributed by atoms with van der Waals surface area (Å²) >= 11 is 0. The highest BCUT2D eigenvalue weighted by Gasteiger charge is 2.12. The summed E-state index contributed by atoms with van der Waals surface area (Å²) in [6.07, 6.45) is 6.81. The SMILES string of the molecule is CCCOc1ccccc1C(=O)NCCCCCCCNC(=O)c1ccccc1OCCC. The third kappa shape index (κ3) is 9.56. The molecule has 0 aliphatic carbocycles. The van der Waals surface area contributed by atoms with Crippen LogP contribution in [-0.2, 0) is 0 Å². The minimum absolute atomic E-state index is 0.0902. The van der Waals surface area contributed by atoms with E-state index in [2.05, 4.69) is 10.6 Å². The van der Waals surface area contributed by atoms with E-state index in [0.29, 0.717) is 48.9 Å². The van der Waals surface area contributed by atoms with E-state index >= 15 is 0 Å². The van der Waals surface area contributed by atoms with Gasteiger partial charge in [0.2, 0.25) is 0 Å². The van der Waals surface area contributed by atoms with Crippen LogP contribution in [0.2, 0.25) is 0 Å². The molecular weight excluding hydrogens is 416 g/mol. The molecule has 0 atom stereocenters. The van der Waals surface area contributed by atoms with Crippen molar-refractivity contribution in [2.75, 3.05) is 26.3 Å². The molecule has 0 aromatic heterocycles. The summed E-state index contributed by atoms with van der Waals surface area (Å²) in [4.78, 5) is 24.9. The standard InChI is InChI=1S/C27H38N2O4/c1-3-20-32-24-16-10-8-14-22(24)26(30)28-18-12-6-5-7-13-19-29-27(31)23-15-9-11-17-25(23)33-21-4-2/h8-11,14-17H,3-7,12-13,18-21H2,1-2H3,(H,28,30)(H,29,31). The fourth-order valence-corrected chi connectivity index (χ4v) is 3.36. The highest BCUT2D eigenvalue weighted by Crippen LogP contribution is 2.19. The molecule has 2 aromatic carbocycles. The molecule has 2 amide bonds. The molecule has 0 bridgehead atoms. The average Bonchev–Trinajstić information content (AvgIpc) is 2.85. The summed E-state index contributed by atoms with van der Waals surface area (Å²) in [6.45, 7) is 6.57. The molecule has 0 aliphatic rings. The molecule has 2 aromatic rings. The average molecular weight is 455 g/mol. The lowest BCUT2D eigenvalue weighted by Crippen LogP contribution is -2.25. The summed E-state index contributed by atoms with van der Waals surface area (Å²) in [7, 11) is 0. The molecule has 2 rings (SSSR count). The van der Waals surface area contributed by atoms with E-state index in [1.165, 1.54) is 0 Å². The summed E-state index contributed by atoms with van der Waals surface area (Å²) in [5.41, 5.74) is 1.17. The van der Waals surface area contributed by atoms with E-state index in [1.54, 1.807) is 12.1 Å². The number of carbonyl (C=O) groups is 2. The molecule has 180 valence electrons. The van der Waals surface area contributed by atoms with E-state index in [0.717, 1.165) is 44.9 Å². The van der Waals surface area contributed by atoms with E-state index < -0.39 is 0 Å². The van der Waals surface area contributed by atoms with Crippen LogP contribution in [0.5, 0.6) is 11.5 Å². The Morgan fingerprint density at radius 2 is 1.03 bits per heavy atom. The van der Waals surface area contributed by atoms with Gasteiger partial charge in [0, 0.05) is 13.1 Å². The fraction of sp³-hybridized carbons (Fsp3) is 0.481. The highest BCUT2D eigenvalue weighted by molar-refractivity contribution is 5.97. The van der Waals surface area contributed by atoms with Crippen molar-refractivity contribution in [3.63, 3.8) is 0 Å². The molecular formula is C27H38N2O4. The fourth-order valence-electron chi connectivity index (χ4n) is 3.36. The van der Waals surface area contributed by atoms with Gasteiger partial charge < -0.3 is 20.1 Å². The maximum atomic E-state index is 12.4. The second-order valence-corrected chi connectivity index (χ2v) is 7.97. The number of nitrogens with one attached hydrogen (secondary N) is 2. The summed E-state index contributed by atoms with van der Waals surface area (Å²) in [5.74, 6) is 1.09. The van der Waals surface area contributed by atoms with Crippen LogP contribution in [0.4, 0.5) is 0 Å². The van der Waals surface area contributed by atoms with Crippen molar-refractivity contribution in [3.05, 3.63) is 59.7 Å². The van der Waals surface area contributed by atoms with Crippen LogP contribution < -0.4 is 20.1 Å². The Hall–Kier alpha value is -3.02. The molecule has 2 N–H and O–H groups in total. The van der Waals surface area contributed by atoms with Crippen LogP contribution in [0.25, 0.3) is 0 Å². The highest BCUT2D eigenvalue weighted by atomic mass is 16.5. The van der Waals surface area contributed by atoms with E-state index in [4.69, 9.17) is 9.47 Å². The van der Waals surface area contributed by atoms with Crippen LogP contribution >= 0.6 is 0 Å². The Morgan fingerprint density at radius 3 is 1.45 bits per heavy atom. The maximum Gasteiger partial charge on any atom is 0.255 e. The summed E-state index contributed by atoms with van der Waals surface area (Å²) < 4.78 is 11.3. The van der Waals surface area contributed by atoms with Gasteiger partial charge in [-0.15, -0.1) is 0 Å². The molecule has 0 spiro atoms. The topological polar surface area (TPSA) is 76.7 Å². The Balaban J connectivity index is 1.57. The van der Waals surface area contributed by atoms with Gasteiger partial charge in [0.25, 0.3) is 11.8 Å². The smallest absolute Gasteiger partial charge is 0.255 e. The third-order valence-electron chi connectivity index (χ3n) is 5.11. The first-order valence-electron chi connectivity index (χ1n) is 12.2. The number of unbranched alkanes of at least 4 members (excludes halogenated alkanes) is 4. The first-order valence-corrected chi connectivity index (χ1v) is 12.2. The van der Waals surface area contributed by atoms with Crippen molar-refractivity contribution >= 4 is 11.8 Å². The molecule has 0 radical (unpaired) electrons. The first kappa shape index (κ1) is 26.2. The molecule has 0 unspecified atom stereocenters. The largest absolute Gasteiger partial charge is 0.493 e. The number of hydrogen-bond donors (Lipinski definition) is 2. The lowest BCUT2D eigenvalue weighted by Gasteiger charge is -2.11. The number of hydrogen-bond acceptors (Lipinski definition) is 4. The number of carbonyl (C=O) groups excluding carboxylic acids is 2. The van der Waals surface area contributed by atoms with Crippen molar-refractivity contribution in [3.8, 4) is 11.5 Å². The zero-order chi connectivity index (χ0) is 23.7. The van der Waals surface area contributed by atoms with Crippen molar-refractivity contribution in [2.24, 2.45) is 0 Å². The molecule has 0 saturated carbocycles. The Morgan fingerprint density at radius 1 is 0.636 bits per heavy atom. The molecule has 0 aliphatic heterocycles. The van der Waals surface area contributed by atoms with Crippen molar-refractivity contribution < 1.29 is 19.1 Å². The van der Waals surface area contributed by atoms with Crippen LogP contribution in [0.3, 0.4) is 0 Å². The van der Waals surface area contributed by atoms with Crippen LogP contribution in [-0.4, -0.2) is 38.1 Å². The summed E-state index contributed by atoms with van der Waals surface area (Å²) in [6, 6.07) is 14.7. The number of amides is 2. The van der Waals surface area contributed by atoms with E-state index in [-0.39, 0.29) is 11.8 Å². The molecule has 0 saturated heterocycles. The van der Waals surface area contributed by atoms with Gasteiger partial charge in [-0.05, 0) is 49.9 Å². The third-order valence-corrected chi connectivity index (χ3v) is 5.11. The predicted octanol–water partition coefficient (Wildman–Crippen LogP) is 5.37. The van der Waals surface area contributed by atoms with Gasteiger partial charge >= 0.3 is 0 Å². The zero-order valence-corrected chi connectivity index (χ0v) is 20.0.